The van der Waals surface area contributed by atoms with Crippen LogP contribution in [-0.2, 0) is 13.6 Å². The summed E-state index contributed by atoms with van der Waals surface area (Å²) in [5, 5.41) is 3.88. The Morgan fingerprint density at radius 3 is 2.73 bits per heavy atom. The lowest BCUT2D eigenvalue weighted by Gasteiger charge is -2.52. The van der Waals surface area contributed by atoms with Crippen LogP contribution in [0.1, 0.15) is 29.9 Å². The Kier molecular flexibility index (Phi) is 3.57. The van der Waals surface area contributed by atoms with Crippen LogP contribution in [0.4, 0.5) is 5.69 Å². The predicted octanol–water partition coefficient (Wildman–Crippen LogP) is 2.21. The molecule has 1 N–H and O–H groups in total. The fourth-order valence-electron chi connectivity index (χ4n) is 4.60. The van der Waals surface area contributed by atoms with Crippen LogP contribution in [0.25, 0.3) is 0 Å². The van der Waals surface area contributed by atoms with Crippen molar-refractivity contribution in [2.75, 3.05) is 31.5 Å². The van der Waals surface area contributed by atoms with Crippen molar-refractivity contribution in [3.8, 4) is 0 Å². The second kappa shape index (κ2) is 5.84. The zero-order valence-electron chi connectivity index (χ0n) is 15.6. The highest BCUT2D eigenvalue weighted by atomic mass is 15.4. The molecule has 1 fully saturated rings. The summed E-state index contributed by atoms with van der Waals surface area (Å²) in [6.45, 7) is 7.15. The van der Waals surface area contributed by atoms with E-state index < -0.39 is 0 Å². The number of aromatic nitrogens is 2. The van der Waals surface area contributed by atoms with Crippen molar-refractivity contribution >= 4 is 11.5 Å². The lowest BCUT2D eigenvalue weighted by atomic mass is 9.90. The molecule has 5 rings (SSSR count). The molecule has 136 valence electrons. The second-order valence-electron chi connectivity index (χ2n) is 7.69. The molecular weight excluding hydrogens is 324 g/mol. The Bertz CT molecular complexity index is 859. The van der Waals surface area contributed by atoms with Gasteiger partial charge in [-0.2, -0.15) is 0 Å². The van der Waals surface area contributed by atoms with E-state index in [-0.39, 0.29) is 5.66 Å². The van der Waals surface area contributed by atoms with E-state index in [2.05, 4.69) is 62.9 Å². The SMILES string of the molecule is Cc1ncc(CN2CCC3(CC2)Nc2ccccc2C2=NCCN23)n1C. The van der Waals surface area contributed by atoms with Crippen LogP contribution in [0.3, 0.4) is 0 Å². The molecule has 0 bridgehead atoms. The normalized spacial score (nSPS) is 21.3. The minimum atomic E-state index is 0.0164. The third kappa shape index (κ3) is 2.35. The number of piperidine rings is 1. The minimum Gasteiger partial charge on any atom is -0.362 e. The van der Waals surface area contributed by atoms with Crippen LogP contribution >= 0.6 is 0 Å². The fourth-order valence-corrected chi connectivity index (χ4v) is 4.60. The van der Waals surface area contributed by atoms with Gasteiger partial charge in [0.15, 0.2) is 0 Å². The molecule has 0 radical (unpaired) electrons. The molecule has 0 unspecified atom stereocenters. The Labute approximate surface area is 154 Å². The van der Waals surface area contributed by atoms with Crippen LogP contribution < -0.4 is 5.32 Å². The first kappa shape index (κ1) is 15.9. The zero-order valence-corrected chi connectivity index (χ0v) is 15.6. The highest BCUT2D eigenvalue weighted by Crippen LogP contribution is 2.39. The lowest BCUT2D eigenvalue weighted by Crippen LogP contribution is -2.63. The number of nitrogens with one attached hydrogen (secondary N) is 1. The summed E-state index contributed by atoms with van der Waals surface area (Å²) in [5.74, 6) is 2.27. The van der Waals surface area contributed by atoms with Crippen LogP contribution in [-0.4, -0.2) is 57.0 Å². The Morgan fingerprint density at radius 2 is 1.96 bits per heavy atom. The summed E-state index contributed by atoms with van der Waals surface area (Å²) in [6.07, 6.45) is 4.23. The standard InChI is InChI=1S/C20H26N6/c1-15-22-13-16(24(15)2)14-25-10-7-20(8-11-25)23-18-6-4-3-5-17(18)19-21-9-12-26(19)20/h3-6,13,23H,7-12,14H2,1-2H3. The van der Waals surface area contributed by atoms with Gasteiger partial charge in [0.1, 0.15) is 17.3 Å². The number of imidazole rings is 1. The maximum absolute atomic E-state index is 4.83. The van der Waals surface area contributed by atoms with E-state index in [4.69, 9.17) is 4.99 Å². The first-order valence-corrected chi connectivity index (χ1v) is 9.55. The van der Waals surface area contributed by atoms with Gasteiger partial charge in [0.25, 0.3) is 0 Å². The van der Waals surface area contributed by atoms with Crippen LogP contribution in [0.15, 0.2) is 35.5 Å². The number of hydrogen-bond donors (Lipinski definition) is 1. The van der Waals surface area contributed by atoms with Gasteiger partial charge in [0, 0.05) is 63.5 Å². The highest BCUT2D eigenvalue weighted by molar-refractivity contribution is 6.06. The molecule has 0 amide bonds. The van der Waals surface area contributed by atoms with Gasteiger partial charge in [0.2, 0.25) is 0 Å². The Balaban J connectivity index is 1.36. The number of aliphatic imine (C=N–C) groups is 1. The van der Waals surface area contributed by atoms with E-state index in [9.17, 15) is 0 Å². The first-order chi connectivity index (χ1) is 12.7. The summed E-state index contributed by atoms with van der Waals surface area (Å²) in [6, 6.07) is 8.60. The van der Waals surface area contributed by atoms with Crippen LogP contribution in [0.2, 0.25) is 0 Å². The average molecular weight is 350 g/mol. The molecule has 26 heavy (non-hydrogen) atoms. The molecule has 0 aliphatic carbocycles. The Morgan fingerprint density at radius 1 is 1.15 bits per heavy atom. The molecule has 6 nitrogen and oxygen atoms in total. The van der Waals surface area contributed by atoms with Gasteiger partial charge in [-0.05, 0) is 19.1 Å². The molecule has 1 spiro atoms. The van der Waals surface area contributed by atoms with Crippen molar-refractivity contribution in [3.63, 3.8) is 0 Å². The van der Waals surface area contributed by atoms with Gasteiger partial charge in [-0.1, -0.05) is 12.1 Å². The number of hydrogen-bond acceptors (Lipinski definition) is 5. The number of nitrogens with zero attached hydrogens (tertiary/aromatic N) is 5. The molecular formula is C20H26N6. The van der Waals surface area contributed by atoms with Crippen molar-refractivity contribution in [3.05, 3.63) is 47.5 Å². The summed E-state index contributed by atoms with van der Waals surface area (Å²) in [5.41, 5.74) is 3.80. The molecule has 4 heterocycles. The first-order valence-electron chi connectivity index (χ1n) is 9.55. The molecule has 1 aromatic heterocycles. The second-order valence-corrected chi connectivity index (χ2v) is 7.69. The summed E-state index contributed by atoms with van der Waals surface area (Å²) in [7, 11) is 2.11. The maximum Gasteiger partial charge on any atom is 0.134 e. The van der Waals surface area contributed by atoms with Crippen LogP contribution in [0, 0.1) is 6.92 Å². The van der Waals surface area contributed by atoms with Crippen molar-refractivity contribution < 1.29 is 0 Å². The third-order valence-electron chi connectivity index (χ3n) is 6.28. The van der Waals surface area contributed by atoms with Gasteiger partial charge in [-0.15, -0.1) is 0 Å². The zero-order chi connectivity index (χ0) is 17.7. The Hall–Kier alpha value is -2.34. The molecule has 2 aromatic rings. The van der Waals surface area contributed by atoms with E-state index in [1.165, 1.54) is 22.8 Å². The maximum atomic E-state index is 4.83. The number of para-hydroxylation sites is 1. The van der Waals surface area contributed by atoms with Gasteiger partial charge < -0.3 is 14.8 Å². The van der Waals surface area contributed by atoms with Gasteiger partial charge in [0.05, 0.1) is 12.2 Å². The molecule has 3 aliphatic rings. The molecule has 0 atom stereocenters. The van der Waals surface area contributed by atoms with Crippen molar-refractivity contribution in [2.24, 2.45) is 12.0 Å². The van der Waals surface area contributed by atoms with Gasteiger partial charge >= 0.3 is 0 Å². The third-order valence-corrected chi connectivity index (χ3v) is 6.28. The minimum absolute atomic E-state index is 0.0164. The number of likely N-dealkylation sites (tertiary alicyclic amines) is 1. The number of aryl methyl sites for hydroxylation is 1. The van der Waals surface area contributed by atoms with E-state index in [0.717, 1.165) is 51.4 Å². The number of fused-ring (bicyclic) bond motifs is 4. The molecule has 6 heteroatoms. The lowest BCUT2D eigenvalue weighted by molar-refractivity contribution is 0.0884. The summed E-state index contributed by atoms with van der Waals surface area (Å²) in [4.78, 5) is 14.3. The van der Waals surface area contributed by atoms with E-state index in [1.807, 2.05) is 6.20 Å². The molecule has 3 aliphatic heterocycles. The van der Waals surface area contributed by atoms with Gasteiger partial charge in [-0.25, -0.2) is 4.98 Å². The highest BCUT2D eigenvalue weighted by Gasteiger charge is 2.46. The molecule has 0 saturated carbocycles. The monoisotopic (exact) mass is 350 g/mol. The van der Waals surface area contributed by atoms with Crippen molar-refractivity contribution in [1.82, 2.24) is 19.4 Å². The topological polar surface area (TPSA) is 48.7 Å². The van der Waals surface area contributed by atoms with Crippen molar-refractivity contribution in [2.45, 2.75) is 32.0 Å². The van der Waals surface area contributed by atoms with E-state index in [0.29, 0.717) is 0 Å². The quantitative estimate of drug-likeness (QED) is 0.902. The average Bonchev–Trinajstić information content (AvgIpc) is 3.27. The fraction of sp³-hybridized carbons (Fsp3) is 0.500. The predicted molar refractivity (Wildman–Crippen MR) is 103 cm³/mol. The number of anilines is 1. The largest absolute Gasteiger partial charge is 0.362 e. The number of rotatable bonds is 2. The summed E-state index contributed by atoms with van der Waals surface area (Å²) >= 11 is 0. The van der Waals surface area contributed by atoms with Crippen LogP contribution in [0.5, 0.6) is 0 Å². The molecule has 1 saturated heterocycles. The molecule has 1 aromatic carbocycles. The number of benzene rings is 1. The van der Waals surface area contributed by atoms with E-state index >= 15 is 0 Å². The van der Waals surface area contributed by atoms with Crippen molar-refractivity contribution in [1.29, 1.82) is 0 Å². The van der Waals surface area contributed by atoms with E-state index in [1.54, 1.807) is 0 Å². The smallest absolute Gasteiger partial charge is 0.134 e. The van der Waals surface area contributed by atoms with Gasteiger partial charge in [-0.3, -0.25) is 9.89 Å². The summed E-state index contributed by atoms with van der Waals surface area (Å²) < 4.78 is 2.20. The number of amidine groups is 1.